The van der Waals surface area contributed by atoms with Gasteiger partial charge in [0, 0.05) is 29.4 Å². The molecule has 2 aromatic heterocycles. The lowest BCUT2D eigenvalue weighted by Gasteiger charge is -2.11. The van der Waals surface area contributed by atoms with Gasteiger partial charge in [0.05, 0.1) is 24.8 Å². The summed E-state index contributed by atoms with van der Waals surface area (Å²) in [6.07, 6.45) is 3.51. The van der Waals surface area contributed by atoms with Crippen LogP contribution in [-0.2, 0) is 0 Å². The molecule has 7 nitrogen and oxygen atoms in total. The normalized spacial score (nSPS) is 10.5. The van der Waals surface area contributed by atoms with Crippen molar-refractivity contribution in [3.63, 3.8) is 0 Å². The van der Waals surface area contributed by atoms with Crippen LogP contribution in [0.3, 0.4) is 0 Å². The zero-order valence-corrected chi connectivity index (χ0v) is 18.3. The molecular formula is C24H21N5O2S. The molecule has 0 saturated carbocycles. The fourth-order valence-corrected chi connectivity index (χ4v) is 3.82. The van der Waals surface area contributed by atoms with Gasteiger partial charge in [-0.1, -0.05) is 11.8 Å². The van der Waals surface area contributed by atoms with Gasteiger partial charge in [-0.25, -0.2) is 0 Å². The van der Waals surface area contributed by atoms with Gasteiger partial charge in [0.25, 0.3) is 0 Å². The Labute approximate surface area is 190 Å². The van der Waals surface area contributed by atoms with Gasteiger partial charge in [0.15, 0.2) is 11.0 Å². The van der Waals surface area contributed by atoms with Crippen molar-refractivity contribution >= 4 is 11.8 Å². The Kier molecular flexibility index (Phi) is 7.00. The molecule has 0 aliphatic heterocycles. The van der Waals surface area contributed by atoms with E-state index in [1.165, 1.54) is 0 Å². The van der Waals surface area contributed by atoms with Crippen molar-refractivity contribution in [3.05, 3.63) is 78.6 Å². The minimum absolute atomic E-state index is 0.495. The molecule has 4 rings (SSSR count). The highest BCUT2D eigenvalue weighted by Gasteiger charge is 2.16. The molecule has 2 aromatic carbocycles. The number of rotatable bonds is 9. The third-order valence-electron chi connectivity index (χ3n) is 4.53. The van der Waals surface area contributed by atoms with E-state index in [1.54, 1.807) is 48.4 Å². The fourth-order valence-electron chi connectivity index (χ4n) is 3.05. The number of hydrogen-bond acceptors (Lipinski definition) is 7. The summed E-state index contributed by atoms with van der Waals surface area (Å²) in [5.41, 5.74) is 2.43. The van der Waals surface area contributed by atoms with Crippen molar-refractivity contribution in [3.8, 4) is 34.6 Å². The first kappa shape index (κ1) is 21.4. The van der Waals surface area contributed by atoms with Crippen LogP contribution in [-0.4, -0.2) is 38.7 Å². The van der Waals surface area contributed by atoms with E-state index < -0.39 is 0 Å². The maximum atomic E-state index is 8.89. The molecule has 0 N–H and O–H groups in total. The van der Waals surface area contributed by atoms with Crippen LogP contribution in [0, 0.1) is 11.3 Å². The van der Waals surface area contributed by atoms with E-state index in [4.69, 9.17) is 14.7 Å². The predicted octanol–water partition coefficient (Wildman–Crippen LogP) is 4.77. The van der Waals surface area contributed by atoms with E-state index in [2.05, 4.69) is 21.3 Å². The summed E-state index contributed by atoms with van der Waals surface area (Å²) in [5.74, 6) is 2.95. The minimum atomic E-state index is 0.495. The number of ether oxygens (including phenoxy) is 2. The zero-order valence-electron chi connectivity index (χ0n) is 17.5. The molecule has 0 atom stereocenters. The molecule has 8 heteroatoms. The van der Waals surface area contributed by atoms with Crippen molar-refractivity contribution in [2.75, 3.05) is 19.0 Å². The SMILES string of the molecule is CCOc1ccc(-n2c(SCCOc3ccc(C#N)cc3)nnc2-c2cccnc2)cc1. The first-order chi connectivity index (χ1) is 15.8. The number of nitrogens with zero attached hydrogens (tertiary/aromatic N) is 5. The van der Waals surface area contributed by atoms with E-state index in [0.29, 0.717) is 24.5 Å². The maximum Gasteiger partial charge on any atom is 0.196 e. The first-order valence-electron chi connectivity index (χ1n) is 10.1. The Morgan fingerprint density at radius 3 is 2.41 bits per heavy atom. The highest BCUT2D eigenvalue weighted by atomic mass is 32.2. The summed E-state index contributed by atoms with van der Waals surface area (Å²) in [5, 5.41) is 18.5. The summed E-state index contributed by atoms with van der Waals surface area (Å²) in [6.45, 7) is 3.07. The molecule has 0 spiro atoms. The van der Waals surface area contributed by atoms with Gasteiger partial charge in [-0.15, -0.1) is 10.2 Å². The number of hydrogen-bond donors (Lipinski definition) is 0. The summed E-state index contributed by atoms with van der Waals surface area (Å²) in [6, 6.07) is 20.9. The average molecular weight is 444 g/mol. The van der Waals surface area contributed by atoms with Gasteiger partial charge in [-0.05, 0) is 67.6 Å². The fraction of sp³-hybridized carbons (Fsp3) is 0.167. The van der Waals surface area contributed by atoms with Gasteiger partial charge < -0.3 is 9.47 Å². The second-order valence-corrected chi connectivity index (χ2v) is 7.71. The molecule has 0 radical (unpaired) electrons. The number of nitriles is 1. The van der Waals surface area contributed by atoms with Crippen LogP contribution >= 0.6 is 11.8 Å². The largest absolute Gasteiger partial charge is 0.494 e. The molecule has 32 heavy (non-hydrogen) atoms. The molecule has 0 unspecified atom stereocenters. The van der Waals surface area contributed by atoms with Crippen LogP contribution < -0.4 is 9.47 Å². The van der Waals surface area contributed by atoms with Gasteiger partial charge >= 0.3 is 0 Å². The van der Waals surface area contributed by atoms with Gasteiger partial charge in [-0.2, -0.15) is 5.26 Å². The number of benzene rings is 2. The summed E-state index contributed by atoms with van der Waals surface area (Å²) in [4.78, 5) is 4.22. The first-order valence-corrected chi connectivity index (χ1v) is 11.1. The highest BCUT2D eigenvalue weighted by Crippen LogP contribution is 2.28. The van der Waals surface area contributed by atoms with E-state index in [-0.39, 0.29) is 0 Å². The van der Waals surface area contributed by atoms with E-state index >= 15 is 0 Å². The molecule has 0 aliphatic carbocycles. The van der Waals surface area contributed by atoms with Crippen LogP contribution in [0.1, 0.15) is 12.5 Å². The standard InChI is InChI=1S/C24H21N5O2S/c1-2-30-21-11-7-20(8-12-21)29-23(19-4-3-13-26-17-19)27-28-24(29)32-15-14-31-22-9-5-18(16-25)6-10-22/h3-13,17H,2,14-15H2,1H3. The molecular weight excluding hydrogens is 422 g/mol. The molecule has 0 fully saturated rings. The van der Waals surface area contributed by atoms with Crippen LogP contribution in [0.25, 0.3) is 17.1 Å². The van der Waals surface area contributed by atoms with E-state index in [0.717, 1.165) is 33.7 Å². The van der Waals surface area contributed by atoms with Gasteiger partial charge in [0.1, 0.15) is 11.5 Å². The lowest BCUT2D eigenvalue weighted by Crippen LogP contribution is -2.04. The highest BCUT2D eigenvalue weighted by molar-refractivity contribution is 7.99. The lowest BCUT2D eigenvalue weighted by molar-refractivity contribution is 0.340. The Morgan fingerprint density at radius 2 is 1.72 bits per heavy atom. The quantitative estimate of drug-likeness (QED) is 0.272. The van der Waals surface area contributed by atoms with Crippen molar-refractivity contribution in [2.45, 2.75) is 12.1 Å². The van der Waals surface area contributed by atoms with Gasteiger partial charge in [0.2, 0.25) is 0 Å². The Hall–Kier alpha value is -3.83. The predicted molar refractivity (Wildman–Crippen MR) is 123 cm³/mol. The van der Waals surface area contributed by atoms with Crippen molar-refractivity contribution in [1.29, 1.82) is 5.26 Å². The topological polar surface area (TPSA) is 85.9 Å². The third kappa shape index (κ3) is 5.07. The Morgan fingerprint density at radius 1 is 0.969 bits per heavy atom. The van der Waals surface area contributed by atoms with Crippen LogP contribution in [0.4, 0.5) is 0 Å². The molecule has 0 saturated heterocycles. The number of aromatic nitrogens is 4. The summed E-state index contributed by atoms with van der Waals surface area (Å²) in [7, 11) is 0. The zero-order chi connectivity index (χ0) is 22.2. The molecule has 160 valence electrons. The maximum absolute atomic E-state index is 8.89. The second kappa shape index (κ2) is 10.5. The molecule has 2 heterocycles. The van der Waals surface area contributed by atoms with Crippen molar-refractivity contribution in [2.24, 2.45) is 0 Å². The smallest absolute Gasteiger partial charge is 0.196 e. The van der Waals surface area contributed by atoms with Crippen molar-refractivity contribution in [1.82, 2.24) is 19.7 Å². The third-order valence-corrected chi connectivity index (χ3v) is 5.42. The number of pyridine rings is 1. The van der Waals surface area contributed by atoms with E-state index in [1.807, 2.05) is 47.9 Å². The van der Waals surface area contributed by atoms with Crippen molar-refractivity contribution < 1.29 is 9.47 Å². The van der Waals surface area contributed by atoms with Crippen LogP contribution in [0.5, 0.6) is 11.5 Å². The summed E-state index contributed by atoms with van der Waals surface area (Å²) >= 11 is 1.56. The van der Waals surface area contributed by atoms with Gasteiger partial charge in [-0.3, -0.25) is 9.55 Å². The molecule has 0 amide bonds. The number of thioether (sulfide) groups is 1. The lowest BCUT2D eigenvalue weighted by atomic mass is 10.2. The monoisotopic (exact) mass is 443 g/mol. The Bertz CT molecular complexity index is 1190. The summed E-state index contributed by atoms with van der Waals surface area (Å²) < 4.78 is 13.4. The molecule has 0 aliphatic rings. The molecule has 4 aromatic rings. The average Bonchev–Trinajstić information content (AvgIpc) is 3.27. The van der Waals surface area contributed by atoms with Crippen LogP contribution in [0.2, 0.25) is 0 Å². The minimum Gasteiger partial charge on any atom is -0.494 e. The second-order valence-electron chi connectivity index (χ2n) is 6.64. The molecule has 0 bridgehead atoms. The Balaban J connectivity index is 1.52. The van der Waals surface area contributed by atoms with Crippen LogP contribution in [0.15, 0.2) is 78.2 Å². The van der Waals surface area contributed by atoms with E-state index in [9.17, 15) is 0 Å².